The lowest BCUT2D eigenvalue weighted by molar-refractivity contribution is 0.111. The highest BCUT2D eigenvalue weighted by atomic mass is 35.5. The Morgan fingerprint density at radius 3 is 2.58 bits per heavy atom. The van der Waals surface area contributed by atoms with Crippen LogP contribution in [-0.2, 0) is 0 Å². The SMILES string of the molecule is Cc1cc(C=O)c(F)c(C)c1Cl. The highest BCUT2D eigenvalue weighted by Gasteiger charge is 2.10. The standard InChI is InChI=1S/C9H8ClFO/c1-5-3-7(4-12)9(11)6(2)8(5)10/h3-4H,1-2H3. The second-order valence-electron chi connectivity index (χ2n) is 2.65. The van der Waals surface area contributed by atoms with E-state index in [4.69, 9.17) is 11.6 Å². The number of benzene rings is 1. The van der Waals surface area contributed by atoms with Crippen molar-refractivity contribution in [2.75, 3.05) is 0 Å². The molecule has 1 nitrogen and oxygen atoms in total. The molecule has 3 heteroatoms. The Labute approximate surface area is 75.2 Å². The van der Waals surface area contributed by atoms with Crippen LogP contribution in [0.15, 0.2) is 6.07 Å². The second kappa shape index (κ2) is 3.23. The maximum atomic E-state index is 13.1. The molecular weight excluding hydrogens is 179 g/mol. The van der Waals surface area contributed by atoms with E-state index >= 15 is 0 Å². The Kier molecular flexibility index (Phi) is 2.48. The first-order valence-electron chi connectivity index (χ1n) is 3.48. The molecule has 1 rings (SSSR count). The van der Waals surface area contributed by atoms with Crippen LogP contribution in [0, 0.1) is 19.7 Å². The van der Waals surface area contributed by atoms with Gasteiger partial charge in [0, 0.05) is 10.6 Å². The molecular formula is C9H8ClFO. The number of carbonyl (C=O) groups excluding carboxylic acids is 1. The van der Waals surface area contributed by atoms with Crippen molar-refractivity contribution in [3.8, 4) is 0 Å². The van der Waals surface area contributed by atoms with E-state index in [-0.39, 0.29) is 5.56 Å². The summed E-state index contributed by atoms with van der Waals surface area (Å²) in [5, 5.41) is 0.387. The van der Waals surface area contributed by atoms with E-state index in [1.165, 1.54) is 6.07 Å². The lowest BCUT2D eigenvalue weighted by atomic mass is 10.1. The van der Waals surface area contributed by atoms with E-state index in [0.29, 0.717) is 16.9 Å². The first-order chi connectivity index (χ1) is 5.57. The van der Waals surface area contributed by atoms with Gasteiger partial charge >= 0.3 is 0 Å². The predicted molar refractivity (Wildman–Crippen MR) is 46.3 cm³/mol. The minimum atomic E-state index is -0.527. The fourth-order valence-electron chi connectivity index (χ4n) is 1.05. The van der Waals surface area contributed by atoms with Crippen molar-refractivity contribution in [2.24, 2.45) is 0 Å². The number of aldehydes is 1. The van der Waals surface area contributed by atoms with E-state index in [1.807, 2.05) is 0 Å². The van der Waals surface area contributed by atoms with E-state index in [2.05, 4.69) is 0 Å². The molecule has 0 aliphatic rings. The van der Waals surface area contributed by atoms with Crippen LogP contribution in [0.25, 0.3) is 0 Å². The number of aryl methyl sites for hydroxylation is 1. The maximum absolute atomic E-state index is 13.1. The fraction of sp³-hybridized carbons (Fsp3) is 0.222. The van der Waals surface area contributed by atoms with Gasteiger partial charge in [-0.1, -0.05) is 11.6 Å². The van der Waals surface area contributed by atoms with Gasteiger partial charge in [-0.25, -0.2) is 4.39 Å². The minimum absolute atomic E-state index is 0.0643. The van der Waals surface area contributed by atoms with Crippen LogP contribution in [0.2, 0.25) is 5.02 Å². The average Bonchev–Trinajstić information content (AvgIpc) is 2.08. The van der Waals surface area contributed by atoms with E-state index < -0.39 is 5.82 Å². The summed E-state index contributed by atoms with van der Waals surface area (Å²) in [6.45, 7) is 3.29. The lowest BCUT2D eigenvalue weighted by Crippen LogP contribution is -1.94. The third-order valence-corrected chi connectivity index (χ3v) is 2.34. The van der Waals surface area contributed by atoms with Gasteiger partial charge in [0.05, 0.1) is 5.56 Å². The monoisotopic (exact) mass is 186 g/mol. The molecule has 0 atom stereocenters. The summed E-state index contributed by atoms with van der Waals surface area (Å²) in [7, 11) is 0. The van der Waals surface area contributed by atoms with Gasteiger partial charge < -0.3 is 0 Å². The van der Waals surface area contributed by atoms with Gasteiger partial charge in [0.2, 0.25) is 0 Å². The smallest absolute Gasteiger partial charge is 0.153 e. The normalized spacial score (nSPS) is 10.0. The molecule has 0 bridgehead atoms. The molecule has 0 aliphatic heterocycles. The summed E-state index contributed by atoms with van der Waals surface area (Å²) in [5.74, 6) is -0.527. The Morgan fingerprint density at radius 1 is 1.50 bits per heavy atom. The summed E-state index contributed by atoms with van der Waals surface area (Å²) in [4.78, 5) is 10.4. The van der Waals surface area contributed by atoms with Gasteiger partial charge in [0.25, 0.3) is 0 Å². The van der Waals surface area contributed by atoms with Crippen molar-refractivity contribution in [2.45, 2.75) is 13.8 Å². The van der Waals surface area contributed by atoms with Gasteiger partial charge in [-0.2, -0.15) is 0 Å². The second-order valence-corrected chi connectivity index (χ2v) is 3.03. The molecule has 0 saturated heterocycles. The number of rotatable bonds is 1. The van der Waals surface area contributed by atoms with Crippen LogP contribution in [0.1, 0.15) is 21.5 Å². The van der Waals surface area contributed by atoms with Crippen molar-refractivity contribution in [1.29, 1.82) is 0 Å². The predicted octanol–water partition coefficient (Wildman–Crippen LogP) is 2.91. The first-order valence-corrected chi connectivity index (χ1v) is 3.86. The van der Waals surface area contributed by atoms with Gasteiger partial charge in [0.1, 0.15) is 5.82 Å². The van der Waals surface area contributed by atoms with Gasteiger partial charge in [-0.05, 0) is 25.5 Å². The third-order valence-electron chi connectivity index (χ3n) is 1.76. The zero-order valence-corrected chi connectivity index (χ0v) is 7.57. The molecule has 1 aromatic rings. The molecule has 0 N–H and O–H groups in total. The number of carbonyl (C=O) groups is 1. The summed E-state index contributed by atoms with van der Waals surface area (Å²) < 4.78 is 13.1. The molecule has 0 radical (unpaired) electrons. The number of halogens is 2. The van der Waals surface area contributed by atoms with Crippen molar-refractivity contribution in [3.63, 3.8) is 0 Å². The molecule has 0 amide bonds. The molecule has 0 fully saturated rings. The Balaban J connectivity index is 3.49. The molecule has 64 valence electrons. The molecule has 1 aromatic carbocycles. The van der Waals surface area contributed by atoms with Crippen molar-refractivity contribution >= 4 is 17.9 Å². The van der Waals surface area contributed by atoms with E-state index in [1.54, 1.807) is 13.8 Å². The Hall–Kier alpha value is -0.890. The van der Waals surface area contributed by atoms with Gasteiger partial charge in [0.15, 0.2) is 6.29 Å². The fourth-order valence-corrected chi connectivity index (χ4v) is 1.19. The van der Waals surface area contributed by atoms with Crippen LogP contribution >= 0.6 is 11.6 Å². The molecule has 12 heavy (non-hydrogen) atoms. The molecule has 0 aromatic heterocycles. The summed E-state index contributed by atoms with van der Waals surface area (Å²) in [5.41, 5.74) is 1.12. The van der Waals surface area contributed by atoms with Crippen molar-refractivity contribution in [1.82, 2.24) is 0 Å². The molecule has 0 aliphatic carbocycles. The molecule has 0 saturated carbocycles. The highest BCUT2D eigenvalue weighted by Crippen LogP contribution is 2.24. The van der Waals surface area contributed by atoms with E-state index in [9.17, 15) is 9.18 Å². The maximum Gasteiger partial charge on any atom is 0.153 e. The topological polar surface area (TPSA) is 17.1 Å². The largest absolute Gasteiger partial charge is 0.298 e. The number of hydrogen-bond acceptors (Lipinski definition) is 1. The van der Waals surface area contributed by atoms with Crippen LogP contribution in [0.4, 0.5) is 4.39 Å². The first kappa shape index (κ1) is 9.20. The number of hydrogen-bond donors (Lipinski definition) is 0. The van der Waals surface area contributed by atoms with Crippen LogP contribution in [-0.4, -0.2) is 6.29 Å². The summed E-state index contributed by atoms with van der Waals surface area (Å²) >= 11 is 5.76. The molecule has 0 unspecified atom stereocenters. The van der Waals surface area contributed by atoms with Gasteiger partial charge in [-0.3, -0.25) is 4.79 Å². The van der Waals surface area contributed by atoms with E-state index in [0.717, 1.165) is 5.56 Å². The zero-order chi connectivity index (χ0) is 9.30. The van der Waals surface area contributed by atoms with Gasteiger partial charge in [-0.15, -0.1) is 0 Å². The molecule has 0 spiro atoms. The minimum Gasteiger partial charge on any atom is -0.298 e. The highest BCUT2D eigenvalue weighted by molar-refractivity contribution is 6.32. The van der Waals surface area contributed by atoms with Crippen LogP contribution in [0.5, 0.6) is 0 Å². The lowest BCUT2D eigenvalue weighted by Gasteiger charge is -2.05. The summed E-state index contributed by atoms with van der Waals surface area (Å²) in [6.07, 6.45) is 0.492. The zero-order valence-electron chi connectivity index (χ0n) is 6.82. The van der Waals surface area contributed by atoms with Crippen molar-refractivity contribution in [3.05, 3.63) is 33.6 Å². The summed E-state index contributed by atoms with van der Waals surface area (Å²) in [6, 6.07) is 1.44. The quantitative estimate of drug-likeness (QED) is 0.617. The van der Waals surface area contributed by atoms with Crippen LogP contribution < -0.4 is 0 Å². The Morgan fingerprint density at radius 2 is 2.08 bits per heavy atom. The Bertz CT molecular complexity index is 334. The average molecular weight is 187 g/mol. The van der Waals surface area contributed by atoms with Crippen LogP contribution in [0.3, 0.4) is 0 Å². The third kappa shape index (κ3) is 1.34. The molecule has 0 heterocycles. The van der Waals surface area contributed by atoms with Crippen molar-refractivity contribution < 1.29 is 9.18 Å².